The molecule has 1 aromatic carbocycles. The van der Waals surface area contributed by atoms with E-state index in [1.54, 1.807) is 25.2 Å². The number of nitrogens with two attached hydrogens (primary N) is 2. The molecule has 6 heteroatoms. The Kier molecular flexibility index (Phi) is 1.96. The van der Waals surface area contributed by atoms with Crippen molar-refractivity contribution in [2.24, 2.45) is 7.05 Å². The minimum absolute atomic E-state index is 0.0249. The third kappa shape index (κ3) is 1.45. The lowest BCUT2D eigenvalue weighted by Crippen LogP contribution is -1.97. The average molecular weight is 205 g/mol. The Morgan fingerprint density at radius 3 is 2.67 bits per heavy atom. The molecule has 0 fully saturated rings. The minimum Gasteiger partial charge on any atom is -0.505 e. The van der Waals surface area contributed by atoms with Crippen LogP contribution in [0.2, 0.25) is 0 Å². The highest BCUT2D eigenvalue weighted by Gasteiger charge is 2.12. The maximum atomic E-state index is 9.70. The smallest absolute Gasteiger partial charge is 0.218 e. The molecule has 1 heterocycles. The number of anilines is 2. The molecule has 2 aromatic rings. The van der Waals surface area contributed by atoms with Crippen molar-refractivity contribution >= 4 is 11.6 Å². The first-order valence-corrected chi connectivity index (χ1v) is 4.34. The number of rotatable bonds is 1. The molecular formula is C9H11N5O. The average Bonchev–Trinajstić information content (AvgIpc) is 2.51. The summed E-state index contributed by atoms with van der Waals surface area (Å²) in [6, 6.07) is 5.00. The van der Waals surface area contributed by atoms with Crippen LogP contribution in [0.25, 0.3) is 11.4 Å². The van der Waals surface area contributed by atoms with Gasteiger partial charge in [-0.1, -0.05) is 6.07 Å². The standard InChI is InChI=1S/C9H11N5O/c1-14-9(11)12-8(13-14)5-3-2-4-6(10)7(5)15/h2-4,15H,10H2,1H3,(H2,11,12,13). The summed E-state index contributed by atoms with van der Waals surface area (Å²) in [5.41, 5.74) is 11.9. The Hall–Kier alpha value is -2.24. The van der Waals surface area contributed by atoms with Gasteiger partial charge in [0.15, 0.2) is 5.82 Å². The second-order valence-electron chi connectivity index (χ2n) is 3.16. The highest BCUT2D eigenvalue weighted by molar-refractivity contribution is 5.72. The molecule has 0 amide bonds. The number of aryl methyl sites for hydroxylation is 1. The van der Waals surface area contributed by atoms with E-state index in [0.717, 1.165) is 0 Å². The molecule has 78 valence electrons. The lowest BCUT2D eigenvalue weighted by molar-refractivity contribution is 0.479. The molecule has 5 N–H and O–H groups in total. The quantitative estimate of drug-likeness (QED) is 0.460. The maximum absolute atomic E-state index is 9.70. The van der Waals surface area contributed by atoms with Crippen LogP contribution in [0.15, 0.2) is 18.2 Å². The lowest BCUT2D eigenvalue weighted by atomic mass is 10.1. The summed E-state index contributed by atoms with van der Waals surface area (Å²) in [6.07, 6.45) is 0. The molecule has 0 radical (unpaired) electrons. The number of nitrogen functional groups attached to an aromatic ring is 2. The van der Waals surface area contributed by atoms with Crippen molar-refractivity contribution < 1.29 is 5.11 Å². The van der Waals surface area contributed by atoms with Crippen LogP contribution in [0.4, 0.5) is 11.6 Å². The van der Waals surface area contributed by atoms with E-state index in [1.165, 1.54) is 4.68 Å². The van der Waals surface area contributed by atoms with Crippen molar-refractivity contribution in [3.63, 3.8) is 0 Å². The van der Waals surface area contributed by atoms with Gasteiger partial charge in [-0.25, -0.2) is 4.68 Å². The molecule has 1 aromatic heterocycles. The van der Waals surface area contributed by atoms with Gasteiger partial charge in [0.05, 0.1) is 11.3 Å². The number of aromatic hydroxyl groups is 1. The molecule has 0 saturated carbocycles. The highest BCUT2D eigenvalue weighted by atomic mass is 16.3. The molecule has 0 spiro atoms. The monoisotopic (exact) mass is 205 g/mol. The van der Waals surface area contributed by atoms with Crippen LogP contribution >= 0.6 is 0 Å². The van der Waals surface area contributed by atoms with Crippen LogP contribution in [0.1, 0.15) is 0 Å². The zero-order valence-electron chi connectivity index (χ0n) is 8.18. The molecule has 0 aliphatic rings. The van der Waals surface area contributed by atoms with E-state index >= 15 is 0 Å². The number of phenols is 1. The van der Waals surface area contributed by atoms with Gasteiger partial charge in [-0.15, -0.1) is 5.10 Å². The Morgan fingerprint density at radius 2 is 2.07 bits per heavy atom. The maximum Gasteiger partial charge on any atom is 0.218 e. The summed E-state index contributed by atoms with van der Waals surface area (Å²) in [7, 11) is 1.68. The van der Waals surface area contributed by atoms with E-state index in [2.05, 4.69) is 10.1 Å². The summed E-state index contributed by atoms with van der Waals surface area (Å²) in [6.45, 7) is 0. The number of hydrogen-bond acceptors (Lipinski definition) is 5. The van der Waals surface area contributed by atoms with Crippen molar-refractivity contribution in [2.75, 3.05) is 11.5 Å². The van der Waals surface area contributed by atoms with Gasteiger partial charge in [-0.05, 0) is 12.1 Å². The number of benzene rings is 1. The summed E-state index contributed by atoms with van der Waals surface area (Å²) >= 11 is 0. The molecule has 0 bridgehead atoms. The van der Waals surface area contributed by atoms with Crippen LogP contribution in [0, 0.1) is 0 Å². The first-order valence-electron chi connectivity index (χ1n) is 4.34. The highest BCUT2D eigenvalue weighted by Crippen LogP contribution is 2.31. The third-order valence-corrected chi connectivity index (χ3v) is 2.10. The SMILES string of the molecule is Cn1nc(-c2cccc(N)c2O)nc1N. The third-order valence-electron chi connectivity index (χ3n) is 2.10. The fourth-order valence-electron chi connectivity index (χ4n) is 1.25. The number of para-hydroxylation sites is 1. The molecule has 0 unspecified atom stereocenters. The Labute approximate surface area is 86.2 Å². The van der Waals surface area contributed by atoms with Gasteiger partial charge in [0.1, 0.15) is 5.75 Å². The van der Waals surface area contributed by atoms with E-state index in [4.69, 9.17) is 11.5 Å². The van der Waals surface area contributed by atoms with Crippen LogP contribution in [-0.4, -0.2) is 19.9 Å². The van der Waals surface area contributed by atoms with E-state index in [1.807, 2.05) is 0 Å². The minimum atomic E-state index is -0.0249. The fraction of sp³-hybridized carbons (Fsp3) is 0.111. The number of hydrogen-bond donors (Lipinski definition) is 3. The molecule has 6 nitrogen and oxygen atoms in total. The van der Waals surface area contributed by atoms with E-state index < -0.39 is 0 Å². The van der Waals surface area contributed by atoms with Gasteiger partial charge < -0.3 is 16.6 Å². The van der Waals surface area contributed by atoms with Gasteiger partial charge >= 0.3 is 0 Å². The number of nitrogens with zero attached hydrogens (tertiary/aromatic N) is 3. The van der Waals surface area contributed by atoms with Crippen LogP contribution < -0.4 is 11.5 Å². The van der Waals surface area contributed by atoms with Gasteiger partial charge in [0.2, 0.25) is 5.95 Å². The van der Waals surface area contributed by atoms with Crippen molar-refractivity contribution in [1.82, 2.24) is 14.8 Å². The Morgan fingerprint density at radius 1 is 1.33 bits per heavy atom. The van der Waals surface area contributed by atoms with Gasteiger partial charge in [0.25, 0.3) is 0 Å². The number of phenolic OH excluding ortho intramolecular Hbond substituents is 1. The molecule has 0 aliphatic carbocycles. The van der Waals surface area contributed by atoms with Crippen molar-refractivity contribution in [3.05, 3.63) is 18.2 Å². The van der Waals surface area contributed by atoms with E-state index in [9.17, 15) is 5.11 Å². The number of aromatic nitrogens is 3. The zero-order valence-corrected chi connectivity index (χ0v) is 8.18. The van der Waals surface area contributed by atoms with Gasteiger partial charge in [-0.2, -0.15) is 4.98 Å². The second kappa shape index (κ2) is 3.16. The Balaban J connectivity index is 2.59. The molecule has 0 atom stereocenters. The Bertz CT molecular complexity index is 486. The lowest BCUT2D eigenvalue weighted by Gasteiger charge is -2.02. The topological polar surface area (TPSA) is 103 Å². The first-order chi connectivity index (χ1) is 7.09. The molecule has 0 aliphatic heterocycles. The molecule has 2 rings (SSSR count). The van der Waals surface area contributed by atoms with Crippen molar-refractivity contribution in [2.45, 2.75) is 0 Å². The summed E-state index contributed by atoms with van der Waals surface area (Å²) < 4.78 is 1.43. The largest absolute Gasteiger partial charge is 0.505 e. The van der Waals surface area contributed by atoms with Crippen molar-refractivity contribution in [3.8, 4) is 17.1 Å². The normalized spacial score (nSPS) is 10.5. The van der Waals surface area contributed by atoms with Crippen LogP contribution in [0.3, 0.4) is 0 Å². The first kappa shape index (κ1) is 9.32. The van der Waals surface area contributed by atoms with Gasteiger partial charge in [0, 0.05) is 7.05 Å². The van der Waals surface area contributed by atoms with Crippen molar-refractivity contribution in [1.29, 1.82) is 0 Å². The summed E-state index contributed by atoms with van der Waals surface area (Å²) in [4.78, 5) is 4.00. The molecular weight excluding hydrogens is 194 g/mol. The van der Waals surface area contributed by atoms with E-state index in [0.29, 0.717) is 17.1 Å². The molecule has 15 heavy (non-hydrogen) atoms. The van der Waals surface area contributed by atoms with E-state index in [-0.39, 0.29) is 11.7 Å². The fourth-order valence-corrected chi connectivity index (χ4v) is 1.25. The van der Waals surface area contributed by atoms with Gasteiger partial charge in [-0.3, -0.25) is 0 Å². The van der Waals surface area contributed by atoms with Crippen LogP contribution in [0.5, 0.6) is 5.75 Å². The predicted octanol–water partition coefficient (Wildman–Crippen LogP) is 0.352. The predicted molar refractivity (Wildman–Crippen MR) is 56.9 cm³/mol. The second-order valence-corrected chi connectivity index (χ2v) is 3.16. The summed E-state index contributed by atoms with van der Waals surface area (Å²) in [5, 5.41) is 13.7. The molecule has 0 saturated heterocycles. The summed E-state index contributed by atoms with van der Waals surface area (Å²) in [5.74, 6) is 0.620. The zero-order chi connectivity index (χ0) is 11.0. The van der Waals surface area contributed by atoms with Crippen LogP contribution in [-0.2, 0) is 7.05 Å².